The minimum absolute atomic E-state index is 0.140. The van der Waals surface area contributed by atoms with Crippen LogP contribution in [0.5, 0.6) is 5.75 Å². The van der Waals surface area contributed by atoms with Gasteiger partial charge in [0.2, 0.25) is 0 Å². The molecule has 0 radical (unpaired) electrons. The average Bonchev–Trinajstić information content (AvgIpc) is 2.51. The van der Waals surface area contributed by atoms with Crippen LogP contribution in [-0.4, -0.2) is 12.0 Å². The largest absolute Gasteiger partial charge is 0.481 e. The van der Waals surface area contributed by atoms with Crippen molar-refractivity contribution in [1.82, 2.24) is 5.32 Å². The predicted molar refractivity (Wildman–Crippen MR) is 94.0 cm³/mol. The van der Waals surface area contributed by atoms with Crippen molar-refractivity contribution >= 4 is 17.5 Å². The fourth-order valence-electron chi connectivity index (χ4n) is 2.37. The lowest BCUT2D eigenvalue weighted by Crippen LogP contribution is -2.36. The normalized spacial score (nSPS) is 11.9. The van der Waals surface area contributed by atoms with Crippen molar-refractivity contribution in [2.45, 2.75) is 40.3 Å². The topological polar surface area (TPSA) is 38.3 Å². The summed E-state index contributed by atoms with van der Waals surface area (Å²) < 4.78 is 5.74. The average molecular weight is 332 g/mol. The molecule has 122 valence electrons. The summed E-state index contributed by atoms with van der Waals surface area (Å²) in [5, 5.41) is 3.64. The van der Waals surface area contributed by atoms with Gasteiger partial charge in [0.1, 0.15) is 5.75 Å². The van der Waals surface area contributed by atoms with Crippen molar-refractivity contribution in [1.29, 1.82) is 0 Å². The van der Waals surface area contributed by atoms with Crippen molar-refractivity contribution in [3.63, 3.8) is 0 Å². The molecule has 0 saturated carbocycles. The molecule has 2 aromatic rings. The van der Waals surface area contributed by atoms with E-state index in [0.29, 0.717) is 12.3 Å². The first-order valence-corrected chi connectivity index (χ1v) is 8.02. The first-order chi connectivity index (χ1) is 10.9. The van der Waals surface area contributed by atoms with Crippen LogP contribution >= 0.6 is 11.6 Å². The Labute approximate surface area is 142 Å². The first-order valence-electron chi connectivity index (χ1n) is 7.64. The second-order valence-electron chi connectivity index (χ2n) is 5.78. The summed E-state index contributed by atoms with van der Waals surface area (Å²) in [5.41, 5.74) is 4.14. The van der Waals surface area contributed by atoms with Crippen molar-refractivity contribution in [2.75, 3.05) is 0 Å². The molecule has 0 aliphatic rings. The number of halogens is 1. The van der Waals surface area contributed by atoms with E-state index in [0.717, 1.165) is 27.3 Å². The van der Waals surface area contributed by atoms with Gasteiger partial charge in [-0.3, -0.25) is 4.79 Å². The molecule has 0 aromatic heterocycles. The molecule has 0 heterocycles. The second-order valence-corrected chi connectivity index (χ2v) is 6.15. The summed E-state index contributed by atoms with van der Waals surface area (Å²) in [7, 11) is 0. The molecule has 2 aromatic carbocycles. The summed E-state index contributed by atoms with van der Waals surface area (Å²) in [4.78, 5) is 12.2. The molecule has 0 bridgehead atoms. The number of benzene rings is 2. The van der Waals surface area contributed by atoms with Crippen LogP contribution in [0, 0.1) is 20.8 Å². The number of ether oxygens (including phenoxy) is 1. The fourth-order valence-corrected chi connectivity index (χ4v) is 2.48. The van der Waals surface area contributed by atoms with Crippen LogP contribution < -0.4 is 10.1 Å². The third kappa shape index (κ3) is 4.49. The fraction of sp³-hybridized carbons (Fsp3) is 0.316. The number of carbonyl (C=O) groups is 1. The molecule has 0 fully saturated rings. The zero-order valence-electron chi connectivity index (χ0n) is 13.9. The Morgan fingerprint density at radius 2 is 1.74 bits per heavy atom. The van der Waals surface area contributed by atoms with Crippen molar-refractivity contribution in [3.8, 4) is 5.75 Å². The number of amides is 1. The van der Waals surface area contributed by atoms with Gasteiger partial charge in [0, 0.05) is 11.6 Å². The number of carbonyl (C=O) groups excluding carboxylic acids is 1. The van der Waals surface area contributed by atoms with Gasteiger partial charge in [-0.25, -0.2) is 0 Å². The van der Waals surface area contributed by atoms with E-state index in [1.165, 1.54) is 0 Å². The maximum atomic E-state index is 12.2. The number of nitrogens with one attached hydrogen (secondary N) is 1. The first kappa shape index (κ1) is 17.4. The highest BCUT2D eigenvalue weighted by Gasteiger charge is 2.15. The van der Waals surface area contributed by atoms with Crippen LogP contribution in [0.1, 0.15) is 29.2 Å². The Balaban J connectivity index is 1.96. The van der Waals surface area contributed by atoms with Gasteiger partial charge in [-0.15, -0.1) is 0 Å². The lowest BCUT2D eigenvalue weighted by molar-refractivity contribution is -0.127. The van der Waals surface area contributed by atoms with Crippen LogP contribution in [0.3, 0.4) is 0 Å². The van der Waals surface area contributed by atoms with E-state index in [-0.39, 0.29) is 5.91 Å². The van der Waals surface area contributed by atoms with E-state index in [9.17, 15) is 4.79 Å². The Bertz CT molecular complexity index is 689. The van der Waals surface area contributed by atoms with Crippen LogP contribution in [-0.2, 0) is 11.3 Å². The lowest BCUT2D eigenvalue weighted by Gasteiger charge is -2.16. The van der Waals surface area contributed by atoms with Crippen molar-refractivity contribution in [2.24, 2.45) is 0 Å². The van der Waals surface area contributed by atoms with Crippen LogP contribution in [0.2, 0.25) is 5.02 Å². The monoisotopic (exact) mass is 331 g/mol. The quantitative estimate of drug-likeness (QED) is 0.884. The molecule has 1 atom stereocenters. The van der Waals surface area contributed by atoms with Crippen molar-refractivity contribution in [3.05, 3.63) is 63.7 Å². The Kier molecular flexibility index (Phi) is 5.67. The molecule has 0 spiro atoms. The Hall–Kier alpha value is -2.00. The second kappa shape index (κ2) is 7.51. The van der Waals surface area contributed by atoms with Gasteiger partial charge >= 0.3 is 0 Å². The molecular weight excluding hydrogens is 310 g/mol. The zero-order valence-corrected chi connectivity index (χ0v) is 14.7. The SMILES string of the molecule is Cc1ccccc1CNC(=O)[C@@H](C)Oc1cc(C)c(Cl)c(C)c1. The van der Waals surface area contributed by atoms with E-state index in [2.05, 4.69) is 5.32 Å². The summed E-state index contributed by atoms with van der Waals surface area (Å²) in [6.07, 6.45) is -0.570. The van der Waals surface area contributed by atoms with Gasteiger partial charge in [0.25, 0.3) is 5.91 Å². The molecule has 1 amide bonds. The third-order valence-corrected chi connectivity index (χ3v) is 4.40. The summed E-state index contributed by atoms with van der Waals surface area (Å²) in [6, 6.07) is 11.7. The number of rotatable bonds is 5. The van der Waals surface area contributed by atoms with Gasteiger partial charge in [-0.1, -0.05) is 35.9 Å². The molecule has 0 saturated heterocycles. The van der Waals surface area contributed by atoms with Crippen LogP contribution in [0.15, 0.2) is 36.4 Å². The highest BCUT2D eigenvalue weighted by atomic mass is 35.5. The van der Waals surface area contributed by atoms with Gasteiger partial charge < -0.3 is 10.1 Å². The highest BCUT2D eigenvalue weighted by molar-refractivity contribution is 6.32. The molecule has 4 heteroatoms. The van der Waals surface area contributed by atoms with Crippen LogP contribution in [0.25, 0.3) is 0 Å². The maximum Gasteiger partial charge on any atom is 0.261 e. The van der Waals surface area contributed by atoms with Crippen molar-refractivity contribution < 1.29 is 9.53 Å². The standard InChI is InChI=1S/C19H22ClNO2/c1-12-7-5-6-8-16(12)11-21-19(22)15(4)23-17-9-13(2)18(20)14(3)10-17/h5-10,15H,11H2,1-4H3,(H,21,22)/t15-/m1/s1. The number of aryl methyl sites for hydroxylation is 3. The van der Waals surface area contributed by atoms with E-state index < -0.39 is 6.10 Å². The van der Waals surface area contributed by atoms with E-state index >= 15 is 0 Å². The summed E-state index contributed by atoms with van der Waals surface area (Å²) >= 11 is 6.15. The minimum Gasteiger partial charge on any atom is -0.481 e. The maximum absolute atomic E-state index is 12.2. The molecule has 0 unspecified atom stereocenters. The minimum atomic E-state index is -0.570. The van der Waals surface area contributed by atoms with Gasteiger partial charge in [0.15, 0.2) is 6.10 Å². The zero-order chi connectivity index (χ0) is 17.0. The number of hydrogen-bond acceptors (Lipinski definition) is 2. The third-order valence-electron chi connectivity index (χ3n) is 3.81. The summed E-state index contributed by atoms with van der Waals surface area (Å²) in [6.45, 7) is 8.11. The lowest BCUT2D eigenvalue weighted by atomic mass is 10.1. The molecule has 0 aliphatic heterocycles. The van der Waals surface area contributed by atoms with E-state index in [1.807, 2.05) is 57.2 Å². The summed E-state index contributed by atoms with van der Waals surface area (Å²) in [5.74, 6) is 0.515. The van der Waals surface area contributed by atoms with Crippen LogP contribution in [0.4, 0.5) is 0 Å². The predicted octanol–water partition coefficient (Wildman–Crippen LogP) is 4.35. The Morgan fingerprint density at radius 1 is 1.13 bits per heavy atom. The Morgan fingerprint density at radius 3 is 2.35 bits per heavy atom. The molecule has 2 rings (SSSR count). The van der Waals surface area contributed by atoms with Gasteiger partial charge in [0.05, 0.1) is 0 Å². The molecular formula is C19H22ClNO2. The molecule has 23 heavy (non-hydrogen) atoms. The smallest absolute Gasteiger partial charge is 0.261 e. The molecule has 3 nitrogen and oxygen atoms in total. The van der Waals surface area contributed by atoms with E-state index in [4.69, 9.17) is 16.3 Å². The highest BCUT2D eigenvalue weighted by Crippen LogP contribution is 2.26. The molecule has 0 aliphatic carbocycles. The molecule has 1 N–H and O–H groups in total. The van der Waals surface area contributed by atoms with Gasteiger partial charge in [-0.2, -0.15) is 0 Å². The van der Waals surface area contributed by atoms with Gasteiger partial charge in [-0.05, 0) is 62.1 Å². The van der Waals surface area contributed by atoms with E-state index in [1.54, 1.807) is 6.92 Å². The number of hydrogen-bond donors (Lipinski definition) is 1.